The van der Waals surface area contributed by atoms with Gasteiger partial charge >= 0.3 is 0 Å². The van der Waals surface area contributed by atoms with Crippen LogP contribution in [-0.4, -0.2) is 38.0 Å². The van der Waals surface area contributed by atoms with E-state index in [0.717, 1.165) is 6.42 Å². The second-order valence-corrected chi connectivity index (χ2v) is 5.43. The quantitative estimate of drug-likeness (QED) is 0.903. The van der Waals surface area contributed by atoms with Gasteiger partial charge in [-0.15, -0.1) is 0 Å². The van der Waals surface area contributed by atoms with Crippen molar-refractivity contribution in [1.29, 1.82) is 0 Å². The summed E-state index contributed by atoms with van der Waals surface area (Å²) in [5.41, 5.74) is 2.58. The molecule has 2 rings (SSSR count). The number of nitrogens with one attached hydrogen (secondary N) is 1. The van der Waals surface area contributed by atoms with Crippen LogP contribution in [0.15, 0.2) is 24.3 Å². The molecule has 1 aromatic rings. The van der Waals surface area contributed by atoms with Crippen LogP contribution < -0.4 is 5.32 Å². The number of nitrogens with zero attached hydrogens (tertiary/aromatic N) is 1. The van der Waals surface area contributed by atoms with E-state index in [1.165, 1.54) is 11.1 Å². The van der Waals surface area contributed by atoms with Gasteiger partial charge in [-0.05, 0) is 37.6 Å². The number of rotatable bonds is 4. The van der Waals surface area contributed by atoms with Crippen LogP contribution in [-0.2, 0) is 0 Å². The molecule has 106 valence electrons. The predicted molar refractivity (Wildman–Crippen MR) is 73.7 cm³/mol. The first-order chi connectivity index (χ1) is 9.04. The number of hydrogen-bond acceptors (Lipinski definition) is 2. The van der Waals surface area contributed by atoms with E-state index in [2.05, 4.69) is 24.4 Å². The Morgan fingerprint density at radius 1 is 1.32 bits per heavy atom. The third-order valence-corrected chi connectivity index (χ3v) is 4.14. The third kappa shape index (κ3) is 2.95. The van der Waals surface area contributed by atoms with Crippen molar-refractivity contribution in [3.8, 4) is 0 Å². The van der Waals surface area contributed by atoms with E-state index in [4.69, 9.17) is 0 Å². The van der Waals surface area contributed by atoms with Gasteiger partial charge in [-0.25, -0.2) is 8.78 Å². The van der Waals surface area contributed by atoms with E-state index in [0.29, 0.717) is 5.92 Å². The minimum Gasteiger partial charge on any atom is -0.312 e. The van der Waals surface area contributed by atoms with Gasteiger partial charge in [0.1, 0.15) is 0 Å². The molecule has 0 aliphatic heterocycles. The molecule has 0 bridgehead atoms. The molecule has 3 atom stereocenters. The number of likely N-dealkylation sites (N-methyl/N-ethyl adjacent to an activating group) is 2. The van der Waals surface area contributed by atoms with Crippen LogP contribution in [0.4, 0.5) is 8.78 Å². The standard InChI is InChI=1S/C15H22F2N2/c1-10-8-13(19(3)9-14(16)17)15(18-2)12-7-5-4-6-11(10)12/h4-7,10,13-15,18H,8-9H2,1-3H3. The van der Waals surface area contributed by atoms with Crippen molar-refractivity contribution in [1.82, 2.24) is 10.2 Å². The highest BCUT2D eigenvalue weighted by Gasteiger charge is 2.34. The highest BCUT2D eigenvalue weighted by Crippen LogP contribution is 2.39. The highest BCUT2D eigenvalue weighted by atomic mass is 19.3. The van der Waals surface area contributed by atoms with Gasteiger partial charge in [0.05, 0.1) is 6.54 Å². The van der Waals surface area contributed by atoms with Gasteiger partial charge < -0.3 is 5.32 Å². The third-order valence-electron chi connectivity index (χ3n) is 4.14. The second kappa shape index (κ2) is 5.97. The highest BCUT2D eigenvalue weighted by molar-refractivity contribution is 5.36. The van der Waals surface area contributed by atoms with E-state index in [-0.39, 0.29) is 18.6 Å². The van der Waals surface area contributed by atoms with E-state index >= 15 is 0 Å². The first kappa shape index (κ1) is 14.4. The van der Waals surface area contributed by atoms with E-state index in [1.807, 2.05) is 19.2 Å². The molecule has 0 spiro atoms. The maximum atomic E-state index is 12.6. The Labute approximate surface area is 113 Å². The van der Waals surface area contributed by atoms with Crippen molar-refractivity contribution in [2.45, 2.75) is 37.8 Å². The Kier molecular flexibility index (Phi) is 4.53. The Balaban J connectivity index is 2.28. The van der Waals surface area contributed by atoms with Gasteiger partial charge in [0.2, 0.25) is 0 Å². The first-order valence-electron chi connectivity index (χ1n) is 6.79. The lowest BCUT2D eigenvalue weighted by atomic mass is 9.77. The summed E-state index contributed by atoms with van der Waals surface area (Å²) in [7, 11) is 3.70. The Morgan fingerprint density at radius 2 is 1.95 bits per heavy atom. The molecule has 4 heteroatoms. The van der Waals surface area contributed by atoms with Gasteiger partial charge in [0.25, 0.3) is 6.43 Å². The lowest BCUT2D eigenvalue weighted by molar-refractivity contribution is 0.0635. The molecular weight excluding hydrogens is 246 g/mol. The van der Waals surface area contributed by atoms with Crippen LogP contribution in [0.1, 0.15) is 36.4 Å². The maximum Gasteiger partial charge on any atom is 0.251 e. The fourth-order valence-electron chi connectivity index (χ4n) is 3.21. The summed E-state index contributed by atoms with van der Waals surface area (Å²) in [5, 5.41) is 3.30. The Morgan fingerprint density at radius 3 is 2.53 bits per heavy atom. The summed E-state index contributed by atoms with van der Waals surface area (Å²) in [6.45, 7) is 2.01. The zero-order valence-corrected chi connectivity index (χ0v) is 11.7. The molecular formula is C15H22F2N2. The van der Waals surface area contributed by atoms with Gasteiger partial charge in [-0.1, -0.05) is 31.2 Å². The molecule has 1 aliphatic carbocycles. The smallest absolute Gasteiger partial charge is 0.251 e. The molecule has 0 radical (unpaired) electrons. The number of alkyl halides is 2. The van der Waals surface area contributed by atoms with E-state index in [9.17, 15) is 8.78 Å². The van der Waals surface area contributed by atoms with E-state index in [1.54, 1.807) is 11.9 Å². The van der Waals surface area contributed by atoms with Crippen molar-refractivity contribution < 1.29 is 8.78 Å². The molecule has 0 heterocycles. The van der Waals surface area contributed by atoms with Crippen LogP contribution >= 0.6 is 0 Å². The SMILES string of the molecule is CNC1c2ccccc2C(C)CC1N(C)CC(F)F. The lowest BCUT2D eigenvalue weighted by Gasteiger charge is -2.41. The Hall–Kier alpha value is -1.00. The number of fused-ring (bicyclic) bond motifs is 1. The minimum atomic E-state index is -2.28. The molecule has 0 aromatic heterocycles. The molecule has 0 fully saturated rings. The topological polar surface area (TPSA) is 15.3 Å². The minimum absolute atomic E-state index is 0.115. The summed E-state index contributed by atoms with van der Waals surface area (Å²) in [6.07, 6.45) is -1.37. The van der Waals surface area contributed by atoms with Crippen molar-refractivity contribution >= 4 is 0 Å². The largest absolute Gasteiger partial charge is 0.312 e. The number of hydrogen-bond donors (Lipinski definition) is 1. The van der Waals surface area contributed by atoms with Gasteiger partial charge in [0.15, 0.2) is 0 Å². The molecule has 3 unspecified atom stereocenters. The van der Waals surface area contributed by atoms with Crippen molar-refractivity contribution in [3.05, 3.63) is 35.4 Å². The second-order valence-electron chi connectivity index (χ2n) is 5.43. The number of halogens is 2. The van der Waals surface area contributed by atoms with Crippen LogP contribution in [0.2, 0.25) is 0 Å². The molecule has 0 saturated heterocycles. The zero-order chi connectivity index (χ0) is 14.0. The number of benzene rings is 1. The average Bonchev–Trinajstić information content (AvgIpc) is 2.38. The van der Waals surface area contributed by atoms with Gasteiger partial charge in [-0.3, -0.25) is 4.90 Å². The van der Waals surface area contributed by atoms with Crippen LogP contribution in [0.5, 0.6) is 0 Å². The van der Waals surface area contributed by atoms with Gasteiger partial charge in [-0.2, -0.15) is 0 Å². The molecule has 19 heavy (non-hydrogen) atoms. The summed E-state index contributed by atoms with van der Waals surface area (Å²) in [6, 6.07) is 8.56. The molecule has 1 N–H and O–H groups in total. The monoisotopic (exact) mass is 268 g/mol. The van der Waals surface area contributed by atoms with Crippen LogP contribution in [0.25, 0.3) is 0 Å². The van der Waals surface area contributed by atoms with E-state index < -0.39 is 6.43 Å². The molecule has 1 aliphatic rings. The fourth-order valence-corrected chi connectivity index (χ4v) is 3.21. The van der Waals surface area contributed by atoms with Crippen LogP contribution in [0.3, 0.4) is 0 Å². The zero-order valence-electron chi connectivity index (χ0n) is 11.7. The molecule has 0 saturated carbocycles. The summed E-state index contributed by atoms with van der Waals surface area (Å²) >= 11 is 0. The molecule has 1 aromatic carbocycles. The lowest BCUT2D eigenvalue weighted by Crippen LogP contribution is -2.46. The van der Waals surface area contributed by atoms with Crippen molar-refractivity contribution in [2.24, 2.45) is 0 Å². The summed E-state index contributed by atoms with van der Waals surface area (Å²) in [5.74, 6) is 0.408. The predicted octanol–water partition coefficient (Wildman–Crippen LogP) is 3.02. The van der Waals surface area contributed by atoms with Crippen molar-refractivity contribution in [3.63, 3.8) is 0 Å². The normalized spacial score (nSPS) is 26.8. The Bertz CT molecular complexity index is 422. The fraction of sp³-hybridized carbons (Fsp3) is 0.600. The maximum absolute atomic E-state index is 12.6. The van der Waals surface area contributed by atoms with Gasteiger partial charge in [0, 0.05) is 12.1 Å². The average molecular weight is 268 g/mol. The van der Waals surface area contributed by atoms with Crippen molar-refractivity contribution in [2.75, 3.05) is 20.6 Å². The molecule has 0 amide bonds. The first-order valence-corrected chi connectivity index (χ1v) is 6.79. The summed E-state index contributed by atoms with van der Waals surface area (Å²) < 4.78 is 25.2. The molecule has 2 nitrogen and oxygen atoms in total. The van der Waals surface area contributed by atoms with Crippen LogP contribution in [0, 0.1) is 0 Å². The summed E-state index contributed by atoms with van der Waals surface area (Å²) in [4.78, 5) is 1.79.